The molecule has 4 rings (SSSR count). The molecule has 38 heavy (non-hydrogen) atoms. The van der Waals surface area contributed by atoms with Crippen LogP contribution >= 0.6 is 0 Å². The maximum atomic E-state index is 13.8. The highest BCUT2D eigenvalue weighted by atomic mass is 16.5. The van der Waals surface area contributed by atoms with E-state index in [2.05, 4.69) is 19.2 Å². The van der Waals surface area contributed by atoms with Gasteiger partial charge < -0.3 is 15.0 Å². The average Bonchev–Trinajstić information content (AvgIpc) is 2.95. The normalized spacial score (nSPS) is 14.6. The van der Waals surface area contributed by atoms with Crippen LogP contribution in [0.15, 0.2) is 84.9 Å². The molecule has 1 atom stereocenters. The summed E-state index contributed by atoms with van der Waals surface area (Å²) in [5.41, 5.74) is 3.22. The Kier molecular flexibility index (Phi) is 9.97. The third kappa shape index (κ3) is 7.95. The van der Waals surface area contributed by atoms with E-state index in [4.69, 9.17) is 4.74 Å². The number of nitrogens with zero attached hydrogens (tertiary/aromatic N) is 1. The Hall–Kier alpha value is -3.60. The molecule has 0 aromatic heterocycles. The highest BCUT2D eigenvalue weighted by molar-refractivity contribution is 5.88. The molecule has 1 aliphatic carbocycles. The fourth-order valence-electron chi connectivity index (χ4n) is 5.06. The maximum absolute atomic E-state index is 13.8. The van der Waals surface area contributed by atoms with E-state index in [1.807, 2.05) is 84.9 Å². The van der Waals surface area contributed by atoms with Crippen molar-refractivity contribution in [2.75, 3.05) is 6.61 Å². The monoisotopic (exact) mass is 512 g/mol. The Labute approximate surface area is 227 Å². The number of rotatable bonds is 11. The summed E-state index contributed by atoms with van der Waals surface area (Å²) in [5, 5.41) is 3.28. The van der Waals surface area contributed by atoms with Crippen LogP contribution in [0, 0.1) is 0 Å². The molecule has 0 heterocycles. The van der Waals surface area contributed by atoms with Crippen molar-refractivity contribution in [3.63, 3.8) is 0 Å². The van der Waals surface area contributed by atoms with Crippen LogP contribution in [0.4, 0.5) is 0 Å². The van der Waals surface area contributed by atoms with Gasteiger partial charge in [0.15, 0.2) is 6.61 Å². The molecule has 0 radical (unpaired) electrons. The van der Waals surface area contributed by atoms with Gasteiger partial charge in [-0.3, -0.25) is 9.59 Å². The van der Waals surface area contributed by atoms with Crippen molar-refractivity contribution in [2.24, 2.45) is 0 Å². The van der Waals surface area contributed by atoms with E-state index in [1.165, 1.54) is 12.0 Å². The first-order valence-corrected chi connectivity index (χ1v) is 13.9. The van der Waals surface area contributed by atoms with Crippen LogP contribution in [0.2, 0.25) is 0 Å². The fraction of sp³-hybridized carbons (Fsp3) is 0.394. The van der Waals surface area contributed by atoms with Gasteiger partial charge in [0.1, 0.15) is 11.8 Å². The van der Waals surface area contributed by atoms with E-state index in [-0.39, 0.29) is 24.5 Å². The summed E-state index contributed by atoms with van der Waals surface area (Å²) < 4.78 is 5.93. The van der Waals surface area contributed by atoms with Crippen LogP contribution in [0.25, 0.3) is 0 Å². The molecule has 200 valence electrons. The minimum atomic E-state index is -0.640. The molecule has 0 bridgehead atoms. The predicted molar refractivity (Wildman–Crippen MR) is 152 cm³/mol. The fourth-order valence-corrected chi connectivity index (χ4v) is 5.06. The van der Waals surface area contributed by atoms with Crippen LogP contribution < -0.4 is 10.1 Å². The van der Waals surface area contributed by atoms with Gasteiger partial charge in [-0.25, -0.2) is 0 Å². The molecular weight excluding hydrogens is 472 g/mol. The number of benzene rings is 3. The molecule has 3 aromatic carbocycles. The molecule has 2 amide bonds. The molecule has 5 heteroatoms. The van der Waals surface area contributed by atoms with Crippen molar-refractivity contribution < 1.29 is 14.3 Å². The minimum absolute atomic E-state index is 0.0914. The van der Waals surface area contributed by atoms with Crippen molar-refractivity contribution in [2.45, 2.75) is 76.9 Å². The Morgan fingerprint density at radius 2 is 1.45 bits per heavy atom. The topological polar surface area (TPSA) is 58.6 Å². The Bertz CT molecular complexity index is 1140. The number of nitrogens with one attached hydrogen (secondary N) is 1. The van der Waals surface area contributed by atoms with Gasteiger partial charge in [0, 0.05) is 19.0 Å². The summed E-state index contributed by atoms with van der Waals surface area (Å²) in [5.74, 6) is 0.773. The molecule has 3 aromatic rings. The third-order valence-corrected chi connectivity index (χ3v) is 7.33. The lowest BCUT2D eigenvalue weighted by Crippen LogP contribution is -2.53. The molecule has 5 nitrogen and oxygen atoms in total. The molecule has 1 fully saturated rings. The van der Waals surface area contributed by atoms with E-state index in [1.54, 1.807) is 4.90 Å². The van der Waals surface area contributed by atoms with Crippen molar-refractivity contribution in [3.8, 4) is 5.75 Å². The maximum Gasteiger partial charge on any atom is 0.261 e. The average molecular weight is 513 g/mol. The first-order valence-electron chi connectivity index (χ1n) is 13.9. The standard InChI is InChI=1S/C33H40N2O3/c1-25(2)28-18-20-30(21-19-28)38-24-32(36)35(23-27-14-8-4-9-15-27)31(22-26-12-6-3-7-13-26)33(37)34-29-16-10-5-11-17-29/h3-4,6-9,12-15,18-21,25,29,31H,5,10-11,16-17,22-24H2,1-2H3,(H,34,37)/t31-/m1/s1. The molecule has 1 aliphatic rings. The summed E-state index contributed by atoms with van der Waals surface area (Å²) in [6.07, 6.45) is 5.90. The van der Waals surface area contributed by atoms with Crippen molar-refractivity contribution in [1.82, 2.24) is 10.2 Å². The van der Waals surface area contributed by atoms with Crippen molar-refractivity contribution in [1.29, 1.82) is 0 Å². The molecular formula is C33H40N2O3. The highest BCUT2D eigenvalue weighted by Gasteiger charge is 2.32. The van der Waals surface area contributed by atoms with E-state index in [9.17, 15) is 9.59 Å². The van der Waals surface area contributed by atoms with Gasteiger partial charge >= 0.3 is 0 Å². The zero-order chi connectivity index (χ0) is 26.7. The van der Waals surface area contributed by atoms with Crippen LogP contribution in [-0.2, 0) is 22.6 Å². The number of ether oxygens (including phenoxy) is 1. The van der Waals surface area contributed by atoms with Crippen LogP contribution in [0.3, 0.4) is 0 Å². The first-order chi connectivity index (χ1) is 18.5. The first kappa shape index (κ1) is 27.4. The van der Waals surface area contributed by atoms with Crippen LogP contribution in [0.1, 0.15) is 68.6 Å². The quantitative estimate of drug-likeness (QED) is 0.329. The smallest absolute Gasteiger partial charge is 0.261 e. The summed E-state index contributed by atoms with van der Waals surface area (Å²) in [7, 11) is 0. The highest BCUT2D eigenvalue weighted by Crippen LogP contribution is 2.21. The van der Waals surface area contributed by atoms with Gasteiger partial charge in [-0.15, -0.1) is 0 Å². The summed E-state index contributed by atoms with van der Waals surface area (Å²) in [6, 6.07) is 27.2. The number of carbonyl (C=O) groups excluding carboxylic acids is 2. The second-order valence-electron chi connectivity index (χ2n) is 10.6. The zero-order valence-corrected chi connectivity index (χ0v) is 22.6. The lowest BCUT2D eigenvalue weighted by molar-refractivity contribution is -0.143. The second-order valence-corrected chi connectivity index (χ2v) is 10.6. The number of carbonyl (C=O) groups is 2. The number of hydrogen-bond donors (Lipinski definition) is 1. The molecule has 0 aliphatic heterocycles. The Balaban J connectivity index is 1.57. The lowest BCUT2D eigenvalue weighted by atomic mass is 9.94. The van der Waals surface area contributed by atoms with Gasteiger partial charge in [-0.05, 0) is 47.6 Å². The number of hydrogen-bond acceptors (Lipinski definition) is 3. The van der Waals surface area contributed by atoms with E-state index in [0.29, 0.717) is 24.6 Å². The molecule has 1 saturated carbocycles. The van der Waals surface area contributed by atoms with E-state index < -0.39 is 6.04 Å². The van der Waals surface area contributed by atoms with Crippen molar-refractivity contribution in [3.05, 3.63) is 102 Å². The van der Waals surface area contributed by atoms with Crippen LogP contribution in [0.5, 0.6) is 5.75 Å². The molecule has 0 saturated heterocycles. The molecule has 0 spiro atoms. The second kappa shape index (κ2) is 13.8. The van der Waals surface area contributed by atoms with Gasteiger partial charge in [0.05, 0.1) is 0 Å². The lowest BCUT2D eigenvalue weighted by Gasteiger charge is -2.33. The zero-order valence-electron chi connectivity index (χ0n) is 22.6. The van der Waals surface area contributed by atoms with E-state index >= 15 is 0 Å². The SMILES string of the molecule is CC(C)c1ccc(OCC(=O)N(Cc2ccccc2)[C@H](Cc2ccccc2)C(=O)NC2CCCCC2)cc1. The van der Waals surface area contributed by atoms with E-state index in [0.717, 1.165) is 36.8 Å². The van der Waals surface area contributed by atoms with Gasteiger partial charge in [-0.1, -0.05) is 106 Å². The molecule has 0 unspecified atom stereocenters. The van der Waals surface area contributed by atoms with Gasteiger partial charge in [0.25, 0.3) is 5.91 Å². The minimum Gasteiger partial charge on any atom is -0.484 e. The molecule has 1 N–H and O–H groups in total. The van der Waals surface area contributed by atoms with Crippen molar-refractivity contribution >= 4 is 11.8 Å². The Morgan fingerprint density at radius 1 is 0.842 bits per heavy atom. The Morgan fingerprint density at radius 3 is 2.05 bits per heavy atom. The third-order valence-electron chi connectivity index (χ3n) is 7.33. The van der Waals surface area contributed by atoms with Crippen LogP contribution in [-0.4, -0.2) is 35.4 Å². The largest absolute Gasteiger partial charge is 0.484 e. The summed E-state index contributed by atoms with van der Waals surface area (Å²) in [6.45, 7) is 4.50. The summed E-state index contributed by atoms with van der Waals surface area (Å²) >= 11 is 0. The van der Waals surface area contributed by atoms with Gasteiger partial charge in [0.2, 0.25) is 5.91 Å². The number of amides is 2. The summed E-state index contributed by atoms with van der Waals surface area (Å²) in [4.78, 5) is 29.2. The van der Waals surface area contributed by atoms with Gasteiger partial charge in [-0.2, -0.15) is 0 Å². The predicted octanol–water partition coefficient (Wildman–Crippen LogP) is 6.28.